The molecule has 1 saturated carbocycles. The Hall–Kier alpha value is -0.570. The van der Waals surface area contributed by atoms with E-state index in [1.54, 1.807) is 0 Å². The minimum atomic E-state index is -0.358. The lowest BCUT2D eigenvalue weighted by Crippen LogP contribution is -2.54. The molecule has 1 aliphatic carbocycles. The first-order chi connectivity index (χ1) is 7.48. The molecule has 1 rings (SSSR count). The number of nitrogens with two attached hydrogens (primary N) is 1. The van der Waals surface area contributed by atoms with Crippen LogP contribution < -0.4 is 11.1 Å². The fraction of sp³-hybridized carbons (Fsp3) is 0.923. The van der Waals surface area contributed by atoms with Crippen LogP contribution in [0.3, 0.4) is 0 Å². The average Bonchev–Trinajstić information content (AvgIpc) is 2.27. The maximum atomic E-state index is 12.0. The molecule has 1 aliphatic rings. The lowest BCUT2D eigenvalue weighted by atomic mass is 9.83. The van der Waals surface area contributed by atoms with Gasteiger partial charge in [0.05, 0.1) is 6.04 Å². The Morgan fingerprint density at radius 3 is 2.44 bits per heavy atom. The van der Waals surface area contributed by atoms with Crippen molar-refractivity contribution >= 4 is 5.91 Å². The molecule has 94 valence electrons. The third-order valence-corrected chi connectivity index (χ3v) is 3.94. The number of hydrogen-bond donors (Lipinski definition) is 2. The van der Waals surface area contributed by atoms with Gasteiger partial charge in [-0.15, -0.1) is 0 Å². The molecule has 0 aliphatic heterocycles. The summed E-state index contributed by atoms with van der Waals surface area (Å²) in [5.74, 6) is 0.283. The van der Waals surface area contributed by atoms with Crippen molar-refractivity contribution in [1.29, 1.82) is 0 Å². The normalized spacial score (nSPS) is 23.5. The monoisotopic (exact) mass is 226 g/mol. The first-order valence-electron chi connectivity index (χ1n) is 6.56. The largest absolute Gasteiger partial charge is 0.350 e. The Labute approximate surface area is 99.2 Å². The van der Waals surface area contributed by atoms with E-state index >= 15 is 0 Å². The van der Waals surface area contributed by atoms with Gasteiger partial charge in [-0.3, -0.25) is 4.79 Å². The Balaban J connectivity index is 2.49. The van der Waals surface area contributed by atoms with Gasteiger partial charge in [0.15, 0.2) is 0 Å². The highest BCUT2D eigenvalue weighted by molar-refractivity contribution is 5.82. The topological polar surface area (TPSA) is 55.1 Å². The van der Waals surface area contributed by atoms with Gasteiger partial charge in [0, 0.05) is 5.54 Å². The van der Waals surface area contributed by atoms with Crippen LogP contribution in [0.5, 0.6) is 0 Å². The highest BCUT2D eigenvalue weighted by atomic mass is 16.2. The Morgan fingerprint density at radius 1 is 1.38 bits per heavy atom. The van der Waals surface area contributed by atoms with Crippen molar-refractivity contribution in [3.05, 3.63) is 0 Å². The SMILES string of the molecule is CCC(C)C(N)C(=O)NC1(C)CCCCC1. The first kappa shape index (κ1) is 13.5. The van der Waals surface area contributed by atoms with Crippen molar-refractivity contribution in [3.8, 4) is 0 Å². The molecule has 16 heavy (non-hydrogen) atoms. The third-order valence-electron chi connectivity index (χ3n) is 3.94. The number of rotatable bonds is 4. The number of carbonyl (C=O) groups excluding carboxylic acids is 1. The number of hydrogen-bond acceptors (Lipinski definition) is 2. The van der Waals surface area contributed by atoms with E-state index in [-0.39, 0.29) is 23.4 Å². The van der Waals surface area contributed by atoms with E-state index in [2.05, 4.69) is 19.2 Å². The second kappa shape index (κ2) is 5.67. The van der Waals surface area contributed by atoms with Crippen LogP contribution in [0.2, 0.25) is 0 Å². The summed E-state index contributed by atoms with van der Waals surface area (Å²) in [5.41, 5.74) is 5.92. The lowest BCUT2D eigenvalue weighted by Gasteiger charge is -2.36. The van der Waals surface area contributed by atoms with Crippen molar-refractivity contribution in [2.45, 2.75) is 70.9 Å². The predicted molar refractivity (Wildman–Crippen MR) is 67.1 cm³/mol. The number of nitrogens with one attached hydrogen (secondary N) is 1. The van der Waals surface area contributed by atoms with Crippen LogP contribution >= 0.6 is 0 Å². The third kappa shape index (κ3) is 3.48. The fourth-order valence-electron chi connectivity index (χ4n) is 2.35. The Bertz CT molecular complexity index is 234. The standard InChI is InChI=1S/C13H26N2O/c1-4-10(2)11(14)12(16)15-13(3)8-6-5-7-9-13/h10-11H,4-9,14H2,1-3H3,(H,15,16). The Kier molecular flexibility index (Phi) is 4.78. The maximum absolute atomic E-state index is 12.0. The molecule has 1 fully saturated rings. The molecule has 0 spiro atoms. The summed E-state index contributed by atoms with van der Waals surface area (Å²) >= 11 is 0. The molecule has 3 nitrogen and oxygen atoms in total. The molecule has 3 heteroatoms. The summed E-state index contributed by atoms with van der Waals surface area (Å²) in [6.07, 6.45) is 6.86. The van der Waals surface area contributed by atoms with Crippen molar-refractivity contribution in [2.24, 2.45) is 11.7 Å². The van der Waals surface area contributed by atoms with Gasteiger partial charge in [-0.05, 0) is 25.7 Å². The molecule has 0 saturated heterocycles. The zero-order valence-corrected chi connectivity index (χ0v) is 10.9. The molecule has 0 aromatic rings. The van der Waals surface area contributed by atoms with Crippen molar-refractivity contribution in [2.75, 3.05) is 0 Å². The van der Waals surface area contributed by atoms with Crippen molar-refractivity contribution < 1.29 is 4.79 Å². The molecule has 0 bridgehead atoms. The van der Waals surface area contributed by atoms with Gasteiger partial charge in [-0.1, -0.05) is 39.5 Å². The number of amides is 1. The number of carbonyl (C=O) groups is 1. The van der Waals surface area contributed by atoms with E-state index in [4.69, 9.17) is 5.73 Å². The average molecular weight is 226 g/mol. The summed E-state index contributed by atoms with van der Waals surface area (Å²) in [4.78, 5) is 12.0. The van der Waals surface area contributed by atoms with E-state index in [9.17, 15) is 4.79 Å². The van der Waals surface area contributed by atoms with Crippen LogP contribution in [-0.2, 0) is 4.79 Å². The quantitative estimate of drug-likeness (QED) is 0.772. The van der Waals surface area contributed by atoms with Gasteiger partial charge >= 0.3 is 0 Å². The molecular weight excluding hydrogens is 200 g/mol. The van der Waals surface area contributed by atoms with Gasteiger partial charge < -0.3 is 11.1 Å². The summed E-state index contributed by atoms with van der Waals surface area (Å²) in [6.45, 7) is 6.25. The van der Waals surface area contributed by atoms with Crippen LogP contribution in [0.1, 0.15) is 59.3 Å². The van der Waals surface area contributed by atoms with Crippen LogP contribution in [0.25, 0.3) is 0 Å². The zero-order valence-electron chi connectivity index (χ0n) is 10.9. The summed E-state index contributed by atoms with van der Waals surface area (Å²) in [5, 5.41) is 3.15. The molecule has 0 heterocycles. The minimum Gasteiger partial charge on any atom is -0.350 e. The van der Waals surface area contributed by atoms with E-state index < -0.39 is 0 Å². The maximum Gasteiger partial charge on any atom is 0.237 e. The summed E-state index contributed by atoms with van der Waals surface area (Å²) in [7, 11) is 0. The Morgan fingerprint density at radius 2 is 1.94 bits per heavy atom. The smallest absolute Gasteiger partial charge is 0.237 e. The van der Waals surface area contributed by atoms with E-state index in [0.29, 0.717) is 0 Å². The van der Waals surface area contributed by atoms with Gasteiger partial charge in [-0.2, -0.15) is 0 Å². The van der Waals surface area contributed by atoms with Gasteiger partial charge in [0.1, 0.15) is 0 Å². The molecular formula is C13H26N2O. The fourth-order valence-corrected chi connectivity index (χ4v) is 2.35. The van der Waals surface area contributed by atoms with E-state index in [0.717, 1.165) is 19.3 Å². The second-order valence-corrected chi connectivity index (χ2v) is 5.52. The van der Waals surface area contributed by atoms with Crippen LogP contribution in [-0.4, -0.2) is 17.5 Å². The van der Waals surface area contributed by atoms with Crippen LogP contribution in [0.15, 0.2) is 0 Å². The lowest BCUT2D eigenvalue weighted by molar-refractivity contribution is -0.125. The van der Waals surface area contributed by atoms with Crippen LogP contribution in [0.4, 0.5) is 0 Å². The first-order valence-corrected chi connectivity index (χ1v) is 6.56. The van der Waals surface area contributed by atoms with E-state index in [1.807, 2.05) is 6.92 Å². The molecule has 0 aromatic heterocycles. The molecule has 3 N–H and O–H groups in total. The van der Waals surface area contributed by atoms with Crippen molar-refractivity contribution in [3.63, 3.8) is 0 Å². The minimum absolute atomic E-state index is 0.0135. The highest BCUT2D eigenvalue weighted by Gasteiger charge is 2.31. The molecule has 1 amide bonds. The van der Waals surface area contributed by atoms with E-state index in [1.165, 1.54) is 19.3 Å². The predicted octanol–water partition coefficient (Wildman–Crippen LogP) is 2.20. The van der Waals surface area contributed by atoms with Gasteiger partial charge in [-0.25, -0.2) is 0 Å². The highest BCUT2D eigenvalue weighted by Crippen LogP contribution is 2.27. The second-order valence-electron chi connectivity index (χ2n) is 5.52. The molecule has 0 radical (unpaired) electrons. The molecule has 2 atom stereocenters. The van der Waals surface area contributed by atoms with Gasteiger partial charge in [0.25, 0.3) is 0 Å². The zero-order chi connectivity index (χ0) is 12.2. The molecule has 0 aromatic carbocycles. The van der Waals surface area contributed by atoms with Gasteiger partial charge in [0.2, 0.25) is 5.91 Å². The summed E-state index contributed by atoms with van der Waals surface area (Å²) < 4.78 is 0. The molecule has 2 unspecified atom stereocenters. The van der Waals surface area contributed by atoms with Crippen LogP contribution in [0, 0.1) is 5.92 Å². The van der Waals surface area contributed by atoms with Crippen molar-refractivity contribution in [1.82, 2.24) is 5.32 Å². The summed E-state index contributed by atoms with van der Waals surface area (Å²) in [6, 6.07) is -0.358.